The molecule has 0 bridgehead atoms. The van der Waals surface area contributed by atoms with Gasteiger partial charge < -0.3 is 9.64 Å². The Morgan fingerprint density at radius 2 is 1.83 bits per heavy atom. The minimum absolute atomic E-state index is 0.0266. The van der Waals surface area contributed by atoms with E-state index in [4.69, 9.17) is 21.4 Å². The molecule has 1 aromatic heterocycles. The first-order valence-corrected chi connectivity index (χ1v) is 16.8. The Bertz CT molecular complexity index is 1520. The van der Waals surface area contributed by atoms with E-state index in [2.05, 4.69) is 4.90 Å². The molecule has 0 saturated carbocycles. The first-order chi connectivity index (χ1) is 19.7. The number of rotatable bonds is 10. The van der Waals surface area contributed by atoms with Crippen molar-refractivity contribution in [3.05, 3.63) is 70.6 Å². The summed E-state index contributed by atoms with van der Waals surface area (Å²) in [6, 6.07) is 18.3. The van der Waals surface area contributed by atoms with Gasteiger partial charge in [0.15, 0.2) is 9.84 Å². The Balaban J connectivity index is 1.34. The van der Waals surface area contributed by atoms with Crippen LogP contribution >= 0.6 is 22.9 Å². The highest BCUT2D eigenvalue weighted by Gasteiger charge is 2.36. The Labute approximate surface area is 251 Å². The normalized spacial score (nSPS) is 18.1. The summed E-state index contributed by atoms with van der Waals surface area (Å²) in [4.78, 5) is 20.2. The highest BCUT2D eigenvalue weighted by Crippen LogP contribution is 2.43. The van der Waals surface area contributed by atoms with Crippen molar-refractivity contribution in [2.45, 2.75) is 30.2 Å². The van der Waals surface area contributed by atoms with Crippen LogP contribution in [0.1, 0.15) is 30.2 Å². The second-order valence-corrected chi connectivity index (χ2v) is 13.9. The van der Waals surface area contributed by atoms with Crippen molar-refractivity contribution in [3.63, 3.8) is 0 Å². The number of piperazine rings is 1. The standard InChI is InChI=1S/C30H35ClN4O4S2/c1-39-19-6-5-14-33-15-17-34(18-16-33)30(36)25-21-27(35(32-25)26-11-4-3-10-24(26)31)29-13-12-28(40-29)22-8-7-9-23(20-22)41(2,37)38/h3-4,7-13,20,27H,5-6,14-19,21H2,1-2H3. The average Bonchev–Trinajstić information content (AvgIpc) is 3.63. The van der Waals surface area contributed by atoms with Gasteiger partial charge in [0.05, 0.1) is 21.6 Å². The number of amides is 1. The van der Waals surface area contributed by atoms with Crippen LogP contribution in [0.15, 0.2) is 70.7 Å². The molecule has 8 nitrogen and oxygen atoms in total. The molecule has 0 N–H and O–H groups in total. The number of nitrogens with zero attached hydrogens (tertiary/aromatic N) is 4. The number of methoxy groups -OCH3 is 1. The minimum Gasteiger partial charge on any atom is -0.385 e. The summed E-state index contributed by atoms with van der Waals surface area (Å²) >= 11 is 8.17. The van der Waals surface area contributed by atoms with Gasteiger partial charge in [-0.2, -0.15) is 5.10 Å². The van der Waals surface area contributed by atoms with Crippen LogP contribution in [-0.4, -0.2) is 82.5 Å². The zero-order valence-electron chi connectivity index (χ0n) is 23.3. The number of halogens is 1. The van der Waals surface area contributed by atoms with E-state index >= 15 is 0 Å². The number of hydrazone groups is 1. The van der Waals surface area contributed by atoms with Crippen LogP contribution in [0.4, 0.5) is 5.69 Å². The number of benzene rings is 2. The van der Waals surface area contributed by atoms with Gasteiger partial charge in [-0.25, -0.2) is 8.42 Å². The van der Waals surface area contributed by atoms with Crippen molar-refractivity contribution in [1.82, 2.24) is 9.80 Å². The summed E-state index contributed by atoms with van der Waals surface area (Å²) in [7, 11) is -1.59. The van der Waals surface area contributed by atoms with Crippen molar-refractivity contribution in [3.8, 4) is 10.4 Å². The van der Waals surface area contributed by atoms with Gasteiger partial charge in [-0.3, -0.25) is 14.7 Å². The van der Waals surface area contributed by atoms with Gasteiger partial charge in [0, 0.05) is 62.3 Å². The summed E-state index contributed by atoms with van der Waals surface area (Å²) in [5.74, 6) is -0.0266. The van der Waals surface area contributed by atoms with Crippen LogP contribution in [0.2, 0.25) is 5.02 Å². The van der Waals surface area contributed by atoms with E-state index in [0.29, 0.717) is 30.2 Å². The molecule has 1 atom stereocenters. The highest BCUT2D eigenvalue weighted by molar-refractivity contribution is 7.90. The van der Waals surface area contributed by atoms with Crippen molar-refractivity contribution in [2.75, 3.05) is 57.7 Å². The number of unbranched alkanes of at least 4 members (excludes halogenated alkanes) is 1. The van der Waals surface area contributed by atoms with E-state index in [1.165, 1.54) is 6.26 Å². The van der Waals surface area contributed by atoms with Crippen molar-refractivity contribution >= 4 is 50.1 Å². The van der Waals surface area contributed by atoms with Gasteiger partial charge >= 0.3 is 0 Å². The maximum atomic E-state index is 13.7. The molecule has 1 fully saturated rings. The van der Waals surface area contributed by atoms with Gasteiger partial charge in [-0.15, -0.1) is 11.3 Å². The second kappa shape index (κ2) is 13.0. The molecule has 2 aromatic carbocycles. The predicted molar refractivity (Wildman–Crippen MR) is 166 cm³/mol. The number of carbonyl (C=O) groups is 1. The summed E-state index contributed by atoms with van der Waals surface area (Å²) in [5, 5.41) is 7.27. The van der Waals surface area contributed by atoms with Crippen LogP contribution in [0.5, 0.6) is 0 Å². The van der Waals surface area contributed by atoms with E-state index in [-0.39, 0.29) is 16.8 Å². The molecule has 11 heteroatoms. The second-order valence-electron chi connectivity index (χ2n) is 10.4. The summed E-state index contributed by atoms with van der Waals surface area (Å²) in [6.07, 6.45) is 3.80. The van der Waals surface area contributed by atoms with Gasteiger partial charge in [0.1, 0.15) is 5.71 Å². The van der Waals surface area contributed by atoms with Crippen LogP contribution in [-0.2, 0) is 19.4 Å². The van der Waals surface area contributed by atoms with E-state index in [1.807, 2.05) is 52.4 Å². The van der Waals surface area contributed by atoms with E-state index in [9.17, 15) is 13.2 Å². The monoisotopic (exact) mass is 614 g/mol. The number of carbonyl (C=O) groups excluding carboxylic acids is 1. The van der Waals surface area contributed by atoms with Crippen molar-refractivity contribution in [2.24, 2.45) is 5.10 Å². The fourth-order valence-corrected chi connectivity index (χ4v) is 7.21. The number of anilines is 1. The number of ether oxygens (including phenoxy) is 1. The first-order valence-electron chi connectivity index (χ1n) is 13.8. The van der Waals surface area contributed by atoms with Crippen molar-refractivity contribution < 1.29 is 17.9 Å². The Kier molecular flexibility index (Phi) is 9.45. The fraction of sp³-hybridized carbons (Fsp3) is 0.400. The Hall–Kier alpha value is -2.76. The Morgan fingerprint density at radius 1 is 1.05 bits per heavy atom. The Morgan fingerprint density at radius 3 is 2.56 bits per heavy atom. The molecule has 3 heterocycles. The molecule has 2 aliphatic heterocycles. The van der Waals surface area contributed by atoms with Crippen molar-refractivity contribution in [1.29, 1.82) is 0 Å². The molecule has 1 unspecified atom stereocenters. The molecule has 0 aliphatic carbocycles. The van der Waals surface area contributed by atoms with Gasteiger partial charge in [0.25, 0.3) is 5.91 Å². The molecule has 218 valence electrons. The molecule has 41 heavy (non-hydrogen) atoms. The summed E-state index contributed by atoms with van der Waals surface area (Å²) in [6.45, 7) is 4.86. The molecular weight excluding hydrogens is 580 g/mol. The van der Waals surface area contributed by atoms with Gasteiger partial charge in [0.2, 0.25) is 0 Å². The molecule has 5 rings (SSSR count). The van der Waals surface area contributed by atoms with Crippen LogP contribution in [0.3, 0.4) is 0 Å². The maximum Gasteiger partial charge on any atom is 0.270 e. The molecule has 0 spiro atoms. The topological polar surface area (TPSA) is 82.5 Å². The fourth-order valence-electron chi connectivity index (χ4n) is 5.23. The molecule has 1 amide bonds. The van der Waals surface area contributed by atoms with Crippen LogP contribution < -0.4 is 5.01 Å². The number of hydrogen-bond acceptors (Lipinski definition) is 8. The third-order valence-electron chi connectivity index (χ3n) is 7.49. The van der Waals surface area contributed by atoms with E-state index < -0.39 is 9.84 Å². The van der Waals surface area contributed by atoms with Gasteiger partial charge in [-0.1, -0.05) is 35.9 Å². The number of sulfone groups is 1. The lowest BCUT2D eigenvalue weighted by atomic mass is 10.1. The number of thiophene rings is 1. The highest BCUT2D eigenvalue weighted by atomic mass is 35.5. The third kappa shape index (κ3) is 7.01. The van der Waals surface area contributed by atoms with Crippen LogP contribution in [0.25, 0.3) is 10.4 Å². The first kappa shape index (κ1) is 29.7. The lowest BCUT2D eigenvalue weighted by molar-refractivity contribution is -0.125. The lowest BCUT2D eigenvalue weighted by Gasteiger charge is -2.34. The zero-order valence-corrected chi connectivity index (χ0v) is 25.7. The van der Waals surface area contributed by atoms with E-state index in [0.717, 1.165) is 60.1 Å². The quantitative estimate of drug-likeness (QED) is 0.286. The molecule has 1 saturated heterocycles. The van der Waals surface area contributed by atoms with Gasteiger partial charge in [-0.05, 0) is 61.3 Å². The third-order valence-corrected chi connectivity index (χ3v) is 10.2. The lowest BCUT2D eigenvalue weighted by Crippen LogP contribution is -2.50. The SMILES string of the molecule is COCCCCN1CCN(C(=O)C2=NN(c3ccccc3Cl)C(c3ccc(-c4cccc(S(C)(=O)=O)c4)s3)C2)CC1. The molecule has 0 radical (unpaired) electrons. The summed E-state index contributed by atoms with van der Waals surface area (Å²) < 4.78 is 29.4. The molecular formula is C30H35ClN4O4S2. The predicted octanol–water partition coefficient (Wildman–Crippen LogP) is 5.35. The minimum atomic E-state index is -3.32. The maximum absolute atomic E-state index is 13.7. The smallest absolute Gasteiger partial charge is 0.270 e. The summed E-state index contributed by atoms with van der Waals surface area (Å²) in [5.41, 5.74) is 2.11. The number of para-hydroxylation sites is 1. The molecule has 2 aliphatic rings. The molecule has 3 aromatic rings. The van der Waals surface area contributed by atoms with E-state index in [1.54, 1.807) is 36.6 Å². The zero-order chi connectivity index (χ0) is 29.0. The number of hydrogen-bond donors (Lipinski definition) is 0. The largest absolute Gasteiger partial charge is 0.385 e. The average molecular weight is 615 g/mol. The van der Waals surface area contributed by atoms with Crippen LogP contribution in [0, 0.1) is 0 Å².